The Balaban J connectivity index is 1.98. The van der Waals surface area contributed by atoms with Gasteiger partial charge in [0.1, 0.15) is 12.7 Å². The maximum absolute atomic E-state index is 10.9. The van der Waals surface area contributed by atoms with Gasteiger partial charge in [-0.3, -0.25) is 0 Å². The zero-order valence-electron chi connectivity index (χ0n) is 12.1. The van der Waals surface area contributed by atoms with Crippen molar-refractivity contribution in [2.75, 3.05) is 26.9 Å². The van der Waals surface area contributed by atoms with E-state index in [1.165, 1.54) is 32.8 Å². The van der Waals surface area contributed by atoms with Gasteiger partial charge in [0.15, 0.2) is 6.29 Å². The largest absolute Gasteiger partial charge is 0.467 e. The van der Waals surface area contributed by atoms with Gasteiger partial charge in [0.25, 0.3) is 0 Å². The second kappa shape index (κ2) is 10.2. The maximum atomic E-state index is 10.9. The van der Waals surface area contributed by atoms with Crippen LogP contribution in [0.5, 0.6) is 0 Å². The fourth-order valence-electron chi connectivity index (χ4n) is 1.99. The highest BCUT2D eigenvalue weighted by Crippen LogP contribution is 2.18. The number of esters is 1. The summed E-state index contributed by atoms with van der Waals surface area (Å²) in [6.45, 7) is 3.10. The van der Waals surface area contributed by atoms with E-state index in [0.29, 0.717) is 13.2 Å². The van der Waals surface area contributed by atoms with E-state index in [1.54, 1.807) is 0 Å². The molecule has 112 valence electrons. The molecular weight excluding hydrogens is 248 g/mol. The third-order valence-corrected chi connectivity index (χ3v) is 3.11. The van der Waals surface area contributed by atoms with Gasteiger partial charge in [0, 0.05) is 0 Å². The van der Waals surface area contributed by atoms with Gasteiger partial charge < -0.3 is 18.9 Å². The quantitative estimate of drug-likeness (QED) is 0.452. The van der Waals surface area contributed by atoms with Gasteiger partial charge in [-0.1, -0.05) is 32.6 Å². The molecule has 0 aromatic heterocycles. The zero-order valence-corrected chi connectivity index (χ0v) is 12.1. The number of methoxy groups -OCH3 is 1. The summed E-state index contributed by atoms with van der Waals surface area (Å²) in [4.78, 5) is 10.9. The minimum atomic E-state index is -0.369. The van der Waals surface area contributed by atoms with Crippen molar-refractivity contribution in [2.24, 2.45) is 0 Å². The predicted octanol–water partition coefficient (Wildman–Crippen LogP) is 2.28. The summed E-state index contributed by atoms with van der Waals surface area (Å²) in [5.74, 6) is -0.369. The van der Waals surface area contributed by atoms with Crippen LogP contribution in [0.2, 0.25) is 0 Å². The highest BCUT2D eigenvalue weighted by atomic mass is 16.7. The fourth-order valence-corrected chi connectivity index (χ4v) is 1.99. The Labute approximate surface area is 115 Å². The van der Waals surface area contributed by atoms with Crippen molar-refractivity contribution >= 4 is 5.97 Å². The molecule has 2 unspecified atom stereocenters. The summed E-state index contributed by atoms with van der Waals surface area (Å²) in [6.07, 6.45) is 7.00. The van der Waals surface area contributed by atoms with Crippen LogP contribution in [0.25, 0.3) is 0 Å². The van der Waals surface area contributed by atoms with E-state index in [1.807, 2.05) is 0 Å². The first-order valence-electron chi connectivity index (χ1n) is 7.18. The van der Waals surface area contributed by atoms with Crippen LogP contribution in [0.4, 0.5) is 0 Å². The molecule has 1 heterocycles. The summed E-state index contributed by atoms with van der Waals surface area (Å²) >= 11 is 0. The zero-order chi connectivity index (χ0) is 13.9. The number of hydrogen-bond donors (Lipinski definition) is 0. The summed E-state index contributed by atoms with van der Waals surface area (Å²) in [5, 5.41) is 0. The van der Waals surface area contributed by atoms with Crippen LogP contribution >= 0.6 is 0 Å². The maximum Gasteiger partial charge on any atom is 0.331 e. The molecule has 0 aliphatic carbocycles. The third-order valence-electron chi connectivity index (χ3n) is 3.11. The molecule has 0 aromatic carbocycles. The van der Waals surface area contributed by atoms with Crippen molar-refractivity contribution < 1.29 is 23.7 Å². The van der Waals surface area contributed by atoms with Crippen LogP contribution in [-0.2, 0) is 23.7 Å². The van der Waals surface area contributed by atoms with Crippen molar-refractivity contribution in [3.63, 3.8) is 0 Å². The molecule has 1 fully saturated rings. The number of carbonyl (C=O) groups excluding carboxylic acids is 1. The van der Waals surface area contributed by atoms with Gasteiger partial charge in [-0.2, -0.15) is 0 Å². The lowest BCUT2D eigenvalue weighted by Gasteiger charge is -2.11. The van der Waals surface area contributed by atoms with Gasteiger partial charge in [0.2, 0.25) is 0 Å². The molecule has 1 aliphatic heterocycles. The van der Waals surface area contributed by atoms with Crippen LogP contribution in [0, 0.1) is 0 Å². The molecule has 19 heavy (non-hydrogen) atoms. The number of unbranched alkanes of at least 4 members (excludes halogenated alkanes) is 4. The minimum absolute atomic E-state index is 0.0297. The molecule has 0 aromatic rings. The lowest BCUT2D eigenvalue weighted by Crippen LogP contribution is -2.22. The minimum Gasteiger partial charge on any atom is -0.467 e. The Kier molecular flexibility index (Phi) is 8.79. The van der Waals surface area contributed by atoms with Gasteiger partial charge in [-0.15, -0.1) is 0 Å². The molecule has 0 spiro atoms. The van der Waals surface area contributed by atoms with Crippen molar-refractivity contribution in [3.8, 4) is 0 Å². The van der Waals surface area contributed by atoms with Crippen LogP contribution in [0.15, 0.2) is 0 Å². The number of ether oxygens (including phenoxy) is 4. The smallest absolute Gasteiger partial charge is 0.331 e. The first-order chi connectivity index (χ1) is 9.26. The van der Waals surface area contributed by atoms with E-state index in [0.717, 1.165) is 12.8 Å². The van der Waals surface area contributed by atoms with E-state index < -0.39 is 0 Å². The molecule has 0 bridgehead atoms. The van der Waals surface area contributed by atoms with Gasteiger partial charge in [-0.25, -0.2) is 4.79 Å². The lowest BCUT2D eigenvalue weighted by molar-refractivity contribution is -0.147. The first-order valence-corrected chi connectivity index (χ1v) is 7.18. The molecule has 1 rings (SSSR count). The first kappa shape index (κ1) is 16.4. The van der Waals surface area contributed by atoms with Crippen molar-refractivity contribution in [3.05, 3.63) is 0 Å². The molecule has 5 nitrogen and oxygen atoms in total. The standard InChI is InChI=1S/C14H26O5/c1-3-4-5-6-7-8-14-18-10-12(19-14)9-17-11-13(15)16-2/h12,14H,3-11H2,1-2H3. The average molecular weight is 274 g/mol. The fraction of sp³-hybridized carbons (Fsp3) is 0.929. The van der Waals surface area contributed by atoms with Crippen molar-refractivity contribution in [1.82, 2.24) is 0 Å². The number of rotatable bonds is 10. The topological polar surface area (TPSA) is 54.0 Å². The SMILES string of the molecule is CCCCCCCC1OCC(COCC(=O)OC)O1. The second-order valence-electron chi connectivity index (χ2n) is 4.82. The number of hydrogen-bond acceptors (Lipinski definition) is 5. The molecule has 0 amide bonds. The van der Waals surface area contributed by atoms with E-state index in [4.69, 9.17) is 14.2 Å². The molecule has 5 heteroatoms. The predicted molar refractivity (Wildman–Crippen MR) is 70.8 cm³/mol. The van der Waals surface area contributed by atoms with Crippen LogP contribution < -0.4 is 0 Å². The molecule has 0 saturated carbocycles. The van der Waals surface area contributed by atoms with Crippen molar-refractivity contribution in [1.29, 1.82) is 0 Å². The molecule has 1 saturated heterocycles. The van der Waals surface area contributed by atoms with Crippen LogP contribution in [0.3, 0.4) is 0 Å². The van der Waals surface area contributed by atoms with Gasteiger partial charge >= 0.3 is 5.97 Å². The van der Waals surface area contributed by atoms with Gasteiger partial charge in [-0.05, 0) is 12.8 Å². The second-order valence-corrected chi connectivity index (χ2v) is 4.82. The highest BCUT2D eigenvalue weighted by Gasteiger charge is 2.25. The molecule has 1 aliphatic rings. The monoisotopic (exact) mass is 274 g/mol. The van der Waals surface area contributed by atoms with Crippen LogP contribution in [0.1, 0.15) is 45.4 Å². The Hall–Kier alpha value is -0.650. The summed E-state index contributed by atoms with van der Waals surface area (Å²) in [6, 6.07) is 0. The highest BCUT2D eigenvalue weighted by molar-refractivity contribution is 5.70. The normalized spacial score (nSPS) is 22.6. The van der Waals surface area contributed by atoms with Gasteiger partial charge in [0.05, 0.1) is 20.3 Å². The van der Waals surface area contributed by atoms with E-state index >= 15 is 0 Å². The lowest BCUT2D eigenvalue weighted by atomic mass is 10.1. The van der Waals surface area contributed by atoms with E-state index in [9.17, 15) is 4.79 Å². The van der Waals surface area contributed by atoms with E-state index in [-0.39, 0.29) is 25.0 Å². The molecule has 0 radical (unpaired) electrons. The Morgan fingerprint density at radius 2 is 2.05 bits per heavy atom. The number of carbonyl (C=O) groups is 1. The Morgan fingerprint density at radius 1 is 1.26 bits per heavy atom. The summed E-state index contributed by atoms with van der Waals surface area (Å²) < 4.78 is 20.9. The van der Waals surface area contributed by atoms with E-state index in [2.05, 4.69) is 11.7 Å². The van der Waals surface area contributed by atoms with Crippen molar-refractivity contribution in [2.45, 2.75) is 57.8 Å². The summed E-state index contributed by atoms with van der Waals surface area (Å²) in [7, 11) is 1.34. The molecule has 2 atom stereocenters. The summed E-state index contributed by atoms with van der Waals surface area (Å²) in [5.41, 5.74) is 0. The average Bonchev–Trinajstić information content (AvgIpc) is 2.86. The molecule has 0 N–H and O–H groups in total. The Morgan fingerprint density at radius 3 is 2.79 bits per heavy atom. The molecular formula is C14H26O5. The third kappa shape index (κ3) is 7.50. The van der Waals surface area contributed by atoms with Crippen LogP contribution in [-0.4, -0.2) is 45.3 Å². The Bertz CT molecular complexity index is 244.